The number of hydrogen-bond acceptors (Lipinski definition) is 6. The first-order valence-electron chi connectivity index (χ1n) is 7.28. The molecule has 1 N–H and O–H groups in total. The van der Waals surface area contributed by atoms with Crippen LogP contribution >= 0.6 is 0 Å². The lowest BCUT2D eigenvalue weighted by molar-refractivity contribution is -0.0438. The average Bonchev–Trinajstić information content (AvgIpc) is 3.04. The van der Waals surface area contributed by atoms with E-state index in [-0.39, 0.29) is 12.2 Å². The number of aromatic nitrogens is 4. The molecule has 7 heteroatoms. The molecule has 0 bridgehead atoms. The number of ether oxygens (including phenoxy) is 1. The molecule has 2 atom stereocenters. The summed E-state index contributed by atoms with van der Waals surface area (Å²) in [6.07, 6.45) is 1.88. The van der Waals surface area contributed by atoms with Crippen molar-refractivity contribution in [1.29, 1.82) is 0 Å². The van der Waals surface area contributed by atoms with Crippen LogP contribution in [0.3, 0.4) is 0 Å². The van der Waals surface area contributed by atoms with Gasteiger partial charge in [-0.15, -0.1) is 0 Å². The van der Waals surface area contributed by atoms with Crippen LogP contribution in [0.15, 0.2) is 10.7 Å². The Hall–Kier alpha value is -1.73. The van der Waals surface area contributed by atoms with E-state index >= 15 is 0 Å². The highest BCUT2D eigenvalue weighted by Crippen LogP contribution is 2.28. The standard InChI is InChI=1S/C14H21N5O2/c1-8(2)12-10(7-19(4)17-12)13-16-14(21-18-13)11-6-15-5-9(3)20-11/h7-9,11,15H,5-6H2,1-4H3/t9-,11-/m1/s1. The lowest BCUT2D eigenvalue weighted by Gasteiger charge is -2.25. The molecule has 1 fully saturated rings. The molecule has 1 aliphatic heterocycles. The maximum absolute atomic E-state index is 5.82. The first kappa shape index (κ1) is 14.2. The van der Waals surface area contributed by atoms with Crippen molar-refractivity contribution in [2.75, 3.05) is 13.1 Å². The summed E-state index contributed by atoms with van der Waals surface area (Å²) in [5.74, 6) is 1.39. The van der Waals surface area contributed by atoms with Gasteiger partial charge in [0.25, 0.3) is 5.89 Å². The van der Waals surface area contributed by atoms with E-state index < -0.39 is 0 Å². The zero-order chi connectivity index (χ0) is 15.0. The maximum atomic E-state index is 5.82. The molecular weight excluding hydrogens is 270 g/mol. The second kappa shape index (κ2) is 5.57. The van der Waals surface area contributed by atoms with Gasteiger partial charge in [0.1, 0.15) is 6.10 Å². The summed E-state index contributed by atoms with van der Waals surface area (Å²) < 4.78 is 13.0. The Kier molecular flexibility index (Phi) is 3.77. The fourth-order valence-corrected chi connectivity index (χ4v) is 2.52. The SMILES string of the molecule is CC(C)c1nn(C)cc1-c1noc([C@H]2CNC[C@@H](C)O2)n1. The molecule has 114 valence electrons. The minimum atomic E-state index is -0.186. The zero-order valence-electron chi connectivity index (χ0n) is 12.8. The van der Waals surface area contributed by atoms with Gasteiger partial charge in [0.15, 0.2) is 0 Å². The van der Waals surface area contributed by atoms with Crippen LogP contribution in [0.25, 0.3) is 11.4 Å². The van der Waals surface area contributed by atoms with Gasteiger partial charge in [0.05, 0.1) is 17.4 Å². The summed E-state index contributed by atoms with van der Waals surface area (Å²) in [4.78, 5) is 4.50. The van der Waals surface area contributed by atoms with Gasteiger partial charge in [0.2, 0.25) is 5.82 Å². The molecule has 21 heavy (non-hydrogen) atoms. The van der Waals surface area contributed by atoms with E-state index in [0.717, 1.165) is 17.8 Å². The molecular formula is C14H21N5O2. The van der Waals surface area contributed by atoms with Crippen molar-refractivity contribution in [3.05, 3.63) is 17.8 Å². The highest BCUT2D eigenvalue weighted by atomic mass is 16.5. The minimum absolute atomic E-state index is 0.142. The summed E-state index contributed by atoms with van der Waals surface area (Å²) in [7, 11) is 1.90. The normalized spacial score (nSPS) is 22.9. The number of hydrogen-bond donors (Lipinski definition) is 1. The number of nitrogens with one attached hydrogen (secondary N) is 1. The van der Waals surface area contributed by atoms with Crippen molar-refractivity contribution >= 4 is 0 Å². The summed E-state index contributed by atoms with van der Waals surface area (Å²) in [6, 6.07) is 0. The number of aryl methyl sites for hydroxylation is 1. The number of rotatable bonds is 3. The highest BCUT2D eigenvalue weighted by molar-refractivity contribution is 5.57. The summed E-state index contributed by atoms with van der Waals surface area (Å²) in [5.41, 5.74) is 1.89. The molecule has 3 rings (SSSR count). The monoisotopic (exact) mass is 291 g/mol. The molecule has 0 spiro atoms. The first-order chi connectivity index (χ1) is 10.0. The molecule has 0 radical (unpaired) electrons. The largest absolute Gasteiger partial charge is 0.363 e. The number of morpholine rings is 1. The van der Waals surface area contributed by atoms with Crippen LogP contribution < -0.4 is 5.32 Å². The van der Waals surface area contributed by atoms with Crippen LogP contribution in [0.5, 0.6) is 0 Å². The molecule has 1 saturated heterocycles. The van der Waals surface area contributed by atoms with E-state index in [1.54, 1.807) is 4.68 Å². The summed E-state index contributed by atoms with van der Waals surface area (Å²) >= 11 is 0. The van der Waals surface area contributed by atoms with E-state index in [2.05, 4.69) is 34.4 Å². The fraction of sp³-hybridized carbons (Fsp3) is 0.643. The van der Waals surface area contributed by atoms with Gasteiger partial charge in [0, 0.05) is 26.3 Å². The van der Waals surface area contributed by atoms with Gasteiger partial charge in [-0.25, -0.2) is 0 Å². The van der Waals surface area contributed by atoms with Crippen molar-refractivity contribution in [2.45, 2.75) is 38.9 Å². The molecule has 0 unspecified atom stereocenters. The Morgan fingerprint density at radius 2 is 2.19 bits per heavy atom. The van der Waals surface area contributed by atoms with E-state index in [1.165, 1.54) is 0 Å². The Morgan fingerprint density at radius 1 is 1.38 bits per heavy atom. The van der Waals surface area contributed by atoms with E-state index in [4.69, 9.17) is 9.26 Å². The molecule has 7 nitrogen and oxygen atoms in total. The highest BCUT2D eigenvalue weighted by Gasteiger charge is 2.27. The Labute approximate surface area is 123 Å². The van der Waals surface area contributed by atoms with Gasteiger partial charge >= 0.3 is 0 Å². The van der Waals surface area contributed by atoms with E-state index in [9.17, 15) is 0 Å². The van der Waals surface area contributed by atoms with Crippen molar-refractivity contribution < 1.29 is 9.26 Å². The van der Waals surface area contributed by atoms with Crippen LogP contribution in [-0.2, 0) is 11.8 Å². The molecule has 0 saturated carbocycles. The second-order valence-electron chi connectivity index (χ2n) is 5.81. The average molecular weight is 291 g/mol. The second-order valence-corrected chi connectivity index (χ2v) is 5.81. The summed E-state index contributed by atoms with van der Waals surface area (Å²) in [6.45, 7) is 7.76. The zero-order valence-corrected chi connectivity index (χ0v) is 12.8. The van der Waals surface area contributed by atoms with Crippen LogP contribution in [0, 0.1) is 0 Å². The van der Waals surface area contributed by atoms with Crippen LogP contribution in [0.4, 0.5) is 0 Å². The van der Waals surface area contributed by atoms with Crippen LogP contribution in [0.1, 0.15) is 44.4 Å². The molecule has 2 aromatic rings. The molecule has 1 aliphatic rings. The van der Waals surface area contributed by atoms with Crippen molar-refractivity contribution in [2.24, 2.45) is 7.05 Å². The Bertz CT molecular complexity index is 619. The predicted octanol–water partition coefficient (Wildman–Crippen LogP) is 1.64. The molecule has 0 amide bonds. The van der Waals surface area contributed by atoms with E-state index in [1.807, 2.05) is 20.2 Å². The lowest BCUT2D eigenvalue weighted by Crippen LogP contribution is -2.39. The van der Waals surface area contributed by atoms with Gasteiger partial charge in [-0.05, 0) is 12.8 Å². The third-order valence-corrected chi connectivity index (χ3v) is 3.52. The third kappa shape index (κ3) is 2.84. The first-order valence-corrected chi connectivity index (χ1v) is 7.28. The summed E-state index contributed by atoms with van der Waals surface area (Å²) in [5, 5.41) is 11.9. The van der Waals surface area contributed by atoms with Gasteiger partial charge < -0.3 is 14.6 Å². The molecule has 2 aromatic heterocycles. The van der Waals surface area contributed by atoms with Gasteiger partial charge in [-0.1, -0.05) is 19.0 Å². The van der Waals surface area contributed by atoms with Gasteiger partial charge in [-0.3, -0.25) is 4.68 Å². The lowest BCUT2D eigenvalue weighted by atomic mass is 10.1. The van der Waals surface area contributed by atoms with E-state index in [0.29, 0.717) is 24.2 Å². The smallest absolute Gasteiger partial charge is 0.257 e. The predicted molar refractivity (Wildman–Crippen MR) is 76.7 cm³/mol. The van der Waals surface area contributed by atoms with Gasteiger partial charge in [-0.2, -0.15) is 10.1 Å². The third-order valence-electron chi connectivity index (χ3n) is 3.52. The number of nitrogens with zero attached hydrogens (tertiary/aromatic N) is 4. The fourth-order valence-electron chi connectivity index (χ4n) is 2.52. The minimum Gasteiger partial charge on any atom is -0.363 e. The van der Waals surface area contributed by atoms with Crippen molar-refractivity contribution in [1.82, 2.24) is 25.2 Å². The Morgan fingerprint density at radius 3 is 2.90 bits per heavy atom. The van der Waals surface area contributed by atoms with Crippen LogP contribution in [0.2, 0.25) is 0 Å². The quantitative estimate of drug-likeness (QED) is 0.926. The topological polar surface area (TPSA) is 78.0 Å². The Balaban J connectivity index is 1.88. The molecule has 3 heterocycles. The van der Waals surface area contributed by atoms with Crippen molar-refractivity contribution in [3.63, 3.8) is 0 Å². The maximum Gasteiger partial charge on any atom is 0.257 e. The van der Waals surface area contributed by atoms with Crippen molar-refractivity contribution in [3.8, 4) is 11.4 Å². The molecule has 0 aromatic carbocycles. The van der Waals surface area contributed by atoms with Crippen LogP contribution in [-0.4, -0.2) is 39.1 Å². The molecule has 0 aliphatic carbocycles.